The van der Waals surface area contributed by atoms with Crippen LogP contribution in [0.2, 0.25) is 0 Å². The number of hydrogen-bond acceptors (Lipinski definition) is 4. The Kier molecular flexibility index (Phi) is 3.60. The molecule has 0 fully saturated rings. The zero-order valence-corrected chi connectivity index (χ0v) is 11.1. The van der Waals surface area contributed by atoms with Crippen molar-refractivity contribution in [2.24, 2.45) is 0 Å². The van der Waals surface area contributed by atoms with Gasteiger partial charge in [0.2, 0.25) is 0 Å². The first-order valence-electron chi connectivity index (χ1n) is 5.88. The van der Waals surface area contributed by atoms with Crippen LogP contribution in [0.3, 0.4) is 0 Å². The Morgan fingerprint density at radius 3 is 2.95 bits per heavy atom. The number of nitrogens with one attached hydrogen (secondary N) is 1. The average Bonchev–Trinajstić information content (AvgIpc) is 2.94. The first-order chi connectivity index (χ1) is 9.74. The maximum Gasteiger partial charge on any atom is 0.263 e. The monoisotopic (exact) mass is 292 g/mol. The summed E-state index contributed by atoms with van der Waals surface area (Å²) in [7, 11) is 0. The number of imidazole rings is 1. The molecular weight excluding hydrogens is 282 g/mol. The van der Waals surface area contributed by atoms with Crippen molar-refractivity contribution < 1.29 is 8.78 Å². The third-order valence-electron chi connectivity index (χ3n) is 2.77. The summed E-state index contributed by atoms with van der Waals surface area (Å²) in [5.41, 5.74) is 2.24. The number of hydrogen-bond donors (Lipinski definition) is 1. The lowest BCUT2D eigenvalue weighted by molar-refractivity contribution is 0.151. The van der Waals surface area contributed by atoms with Crippen molar-refractivity contribution in [3.8, 4) is 0 Å². The number of nitrogens with zero attached hydrogens (tertiary/aromatic N) is 3. The van der Waals surface area contributed by atoms with E-state index in [1.165, 1.54) is 30.2 Å². The standard InChI is InChI=1S/C13H10F2N4S/c14-11(15)9-3-1-2-8(4-9)5-20-13-10-12(17-6-16-10)18-7-19-13/h1-4,6-7,11H,5H2,(H,16,17,18,19). The number of thioether (sulfide) groups is 1. The third-order valence-corrected chi connectivity index (χ3v) is 3.83. The fourth-order valence-corrected chi connectivity index (χ4v) is 2.72. The Morgan fingerprint density at radius 2 is 2.10 bits per heavy atom. The SMILES string of the molecule is FC(F)c1cccc(CSc2ncnc3nc[nH]c23)c1. The van der Waals surface area contributed by atoms with Gasteiger partial charge in [0.05, 0.1) is 6.33 Å². The normalized spacial score (nSPS) is 11.3. The number of aromatic amines is 1. The van der Waals surface area contributed by atoms with Crippen LogP contribution in [-0.4, -0.2) is 19.9 Å². The second-order valence-electron chi connectivity index (χ2n) is 4.11. The quantitative estimate of drug-likeness (QED) is 0.590. The maximum atomic E-state index is 12.6. The number of H-pyrrole nitrogens is 1. The zero-order valence-electron chi connectivity index (χ0n) is 10.3. The largest absolute Gasteiger partial charge is 0.341 e. The van der Waals surface area contributed by atoms with Gasteiger partial charge in [-0.1, -0.05) is 30.0 Å². The second-order valence-corrected chi connectivity index (χ2v) is 5.08. The molecule has 0 saturated heterocycles. The van der Waals surface area contributed by atoms with Crippen molar-refractivity contribution in [1.29, 1.82) is 0 Å². The minimum absolute atomic E-state index is 0.0393. The lowest BCUT2D eigenvalue weighted by Crippen LogP contribution is -1.89. The van der Waals surface area contributed by atoms with Gasteiger partial charge in [0, 0.05) is 11.3 Å². The van der Waals surface area contributed by atoms with E-state index in [0.29, 0.717) is 11.4 Å². The highest BCUT2D eigenvalue weighted by Crippen LogP contribution is 2.27. The van der Waals surface area contributed by atoms with Crippen LogP contribution in [0.5, 0.6) is 0 Å². The van der Waals surface area contributed by atoms with Crippen LogP contribution in [0, 0.1) is 0 Å². The van der Waals surface area contributed by atoms with Gasteiger partial charge in [-0.05, 0) is 11.6 Å². The van der Waals surface area contributed by atoms with E-state index >= 15 is 0 Å². The zero-order chi connectivity index (χ0) is 13.9. The molecule has 1 N–H and O–H groups in total. The number of aromatic nitrogens is 4. The van der Waals surface area contributed by atoms with Crippen LogP contribution in [-0.2, 0) is 5.75 Å². The molecule has 0 radical (unpaired) electrons. The summed E-state index contributed by atoms with van der Waals surface area (Å²) >= 11 is 1.46. The first kappa shape index (κ1) is 13.0. The molecule has 0 bridgehead atoms. The first-order valence-corrected chi connectivity index (χ1v) is 6.86. The van der Waals surface area contributed by atoms with Crippen molar-refractivity contribution in [3.05, 3.63) is 48.0 Å². The van der Waals surface area contributed by atoms with Crippen LogP contribution in [0.25, 0.3) is 11.2 Å². The van der Waals surface area contributed by atoms with Gasteiger partial charge in [-0.25, -0.2) is 23.7 Å². The van der Waals surface area contributed by atoms with Crippen molar-refractivity contribution in [2.75, 3.05) is 0 Å². The van der Waals surface area contributed by atoms with Crippen molar-refractivity contribution in [2.45, 2.75) is 17.2 Å². The molecule has 1 aromatic carbocycles. The predicted octanol–water partition coefficient (Wildman–Crippen LogP) is 3.58. The summed E-state index contributed by atoms with van der Waals surface area (Å²) in [5.74, 6) is 0.561. The Labute approximate surface area is 117 Å². The summed E-state index contributed by atoms with van der Waals surface area (Å²) in [6, 6.07) is 6.41. The Balaban J connectivity index is 1.79. The van der Waals surface area contributed by atoms with Crippen molar-refractivity contribution >= 4 is 22.9 Å². The van der Waals surface area contributed by atoms with Crippen LogP contribution in [0.15, 0.2) is 41.9 Å². The van der Waals surface area contributed by atoms with Crippen molar-refractivity contribution in [1.82, 2.24) is 19.9 Å². The molecule has 0 atom stereocenters. The fraction of sp³-hybridized carbons (Fsp3) is 0.154. The molecule has 0 saturated carbocycles. The van der Waals surface area contributed by atoms with Gasteiger partial charge in [0.1, 0.15) is 16.9 Å². The van der Waals surface area contributed by atoms with Crippen LogP contribution in [0.1, 0.15) is 17.6 Å². The van der Waals surface area contributed by atoms with Gasteiger partial charge in [-0.3, -0.25) is 0 Å². The Bertz CT molecular complexity index is 729. The molecule has 0 unspecified atom stereocenters. The van der Waals surface area contributed by atoms with E-state index in [-0.39, 0.29) is 5.56 Å². The van der Waals surface area contributed by atoms with Gasteiger partial charge in [0.25, 0.3) is 6.43 Å². The summed E-state index contributed by atoms with van der Waals surface area (Å²) in [4.78, 5) is 15.2. The minimum Gasteiger partial charge on any atom is -0.341 e. The van der Waals surface area contributed by atoms with Crippen molar-refractivity contribution in [3.63, 3.8) is 0 Å². The van der Waals surface area contributed by atoms with E-state index in [9.17, 15) is 8.78 Å². The lowest BCUT2D eigenvalue weighted by Gasteiger charge is -2.04. The van der Waals surface area contributed by atoms with Crippen LogP contribution in [0.4, 0.5) is 8.78 Å². The molecule has 2 heterocycles. The fourth-order valence-electron chi connectivity index (χ4n) is 1.82. The van der Waals surface area contributed by atoms with Crippen LogP contribution < -0.4 is 0 Å². The molecule has 0 aliphatic heterocycles. The van der Waals surface area contributed by atoms with Gasteiger partial charge in [-0.15, -0.1) is 0 Å². The van der Waals surface area contributed by atoms with E-state index in [0.717, 1.165) is 16.1 Å². The summed E-state index contributed by atoms with van der Waals surface area (Å²) in [6.45, 7) is 0. The molecule has 0 aliphatic rings. The molecule has 0 aliphatic carbocycles. The minimum atomic E-state index is -2.45. The molecule has 20 heavy (non-hydrogen) atoms. The predicted molar refractivity (Wildman–Crippen MR) is 72.6 cm³/mol. The molecule has 2 aromatic heterocycles. The summed E-state index contributed by atoms with van der Waals surface area (Å²) < 4.78 is 25.3. The Hall–Kier alpha value is -2.02. The molecule has 4 nitrogen and oxygen atoms in total. The van der Waals surface area contributed by atoms with E-state index in [1.54, 1.807) is 12.4 Å². The van der Waals surface area contributed by atoms with Gasteiger partial charge in [-0.2, -0.15) is 0 Å². The highest BCUT2D eigenvalue weighted by molar-refractivity contribution is 7.98. The molecule has 102 valence electrons. The topological polar surface area (TPSA) is 54.5 Å². The molecule has 3 rings (SSSR count). The van der Waals surface area contributed by atoms with Gasteiger partial charge < -0.3 is 4.98 Å². The van der Waals surface area contributed by atoms with E-state index in [4.69, 9.17) is 0 Å². The van der Waals surface area contributed by atoms with Gasteiger partial charge in [0.15, 0.2) is 5.65 Å². The number of alkyl halides is 2. The van der Waals surface area contributed by atoms with E-state index < -0.39 is 6.43 Å². The molecule has 0 amide bonds. The molecule has 3 aromatic rings. The number of rotatable bonds is 4. The average molecular weight is 292 g/mol. The smallest absolute Gasteiger partial charge is 0.263 e. The van der Waals surface area contributed by atoms with Crippen LogP contribution >= 0.6 is 11.8 Å². The number of fused-ring (bicyclic) bond motifs is 1. The highest BCUT2D eigenvalue weighted by Gasteiger charge is 2.09. The number of halogens is 2. The van der Waals surface area contributed by atoms with E-state index in [1.807, 2.05) is 6.07 Å². The summed E-state index contributed by atoms with van der Waals surface area (Å²) in [5, 5.41) is 0.759. The maximum absolute atomic E-state index is 12.6. The second kappa shape index (κ2) is 5.54. The lowest BCUT2D eigenvalue weighted by atomic mass is 10.1. The van der Waals surface area contributed by atoms with Gasteiger partial charge >= 0.3 is 0 Å². The van der Waals surface area contributed by atoms with E-state index in [2.05, 4.69) is 19.9 Å². The summed E-state index contributed by atoms with van der Waals surface area (Å²) in [6.07, 6.45) is 0.556. The number of benzene rings is 1. The third kappa shape index (κ3) is 2.62. The Morgan fingerprint density at radius 1 is 1.20 bits per heavy atom. The molecule has 0 spiro atoms. The molecular formula is C13H10F2N4S. The molecule has 7 heteroatoms. The highest BCUT2D eigenvalue weighted by atomic mass is 32.2.